The number of carbonyl (C=O) groups is 1. The third-order valence-electron chi connectivity index (χ3n) is 4.98. The van der Waals surface area contributed by atoms with Crippen LogP contribution in [0.4, 0.5) is 5.13 Å². The van der Waals surface area contributed by atoms with E-state index in [-0.39, 0.29) is 11.3 Å². The van der Waals surface area contributed by atoms with Crippen molar-refractivity contribution >= 4 is 33.7 Å². The minimum atomic E-state index is 0.0247. The standard InChI is InChI=1S/C18H24N4OS2/c1-18(2,3)16-19-20-17(25-16)22-7-4-13(11-22)15(23)21-8-5-14-12(10-21)6-9-24-14/h6,9,13H,4-5,7-8,10-11H2,1-3H3. The molecule has 2 aliphatic rings. The molecule has 4 heterocycles. The molecular weight excluding hydrogens is 352 g/mol. The van der Waals surface area contributed by atoms with Crippen molar-refractivity contribution in [3.63, 3.8) is 0 Å². The van der Waals surface area contributed by atoms with Gasteiger partial charge in [-0.15, -0.1) is 21.5 Å². The topological polar surface area (TPSA) is 49.3 Å². The Labute approximate surface area is 156 Å². The lowest BCUT2D eigenvalue weighted by molar-refractivity contribution is -0.135. The number of fused-ring (bicyclic) bond motifs is 1. The Morgan fingerprint density at radius 3 is 2.88 bits per heavy atom. The lowest BCUT2D eigenvalue weighted by Gasteiger charge is -2.29. The molecule has 1 atom stereocenters. The first kappa shape index (κ1) is 17.0. The molecule has 0 radical (unpaired) electrons. The molecule has 25 heavy (non-hydrogen) atoms. The van der Waals surface area contributed by atoms with Gasteiger partial charge in [-0.2, -0.15) is 0 Å². The summed E-state index contributed by atoms with van der Waals surface area (Å²) in [7, 11) is 0. The van der Waals surface area contributed by atoms with Crippen LogP contribution in [-0.4, -0.2) is 40.6 Å². The van der Waals surface area contributed by atoms with Crippen molar-refractivity contribution < 1.29 is 4.79 Å². The Morgan fingerprint density at radius 2 is 2.12 bits per heavy atom. The largest absolute Gasteiger partial charge is 0.346 e. The Morgan fingerprint density at radius 1 is 1.28 bits per heavy atom. The maximum Gasteiger partial charge on any atom is 0.227 e. The number of anilines is 1. The Kier molecular flexibility index (Phi) is 4.32. The van der Waals surface area contributed by atoms with Crippen molar-refractivity contribution in [3.05, 3.63) is 26.9 Å². The van der Waals surface area contributed by atoms with Crippen molar-refractivity contribution in [1.82, 2.24) is 15.1 Å². The molecule has 1 unspecified atom stereocenters. The van der Waals surface area contributed by atoms with E-state index in [0.717, 1.165) is 49.2 Å². The van der Waals surface area contributed by atoms with Gasteiger partial charge < -0.3 is 9.80 Å². The van der Waals surface area contributed by atoms with Crippen molar-refractivity contribution in [2.45, 2.75) is 45.6 Å². The first-order valence-corrected chi connectivity index (χ1v) is 10.5. The molecule has 5 nitrogen and oxygen atoms in total. The van der Waals surface area contributed by atoms with Crippen molar-refractivity contribution in [2.75, 3.05) is 24.5 Å². The summed E-state index contributed by atoms with van der Waals surface area (Å²) in [6.07, 6.45) is 1.91. The van der Waals surface area contributed by atoms with Gasteiger partial charge in [0, 0.05) is 36.5 Å². The average Bonchev–Trinajstić information content (AvgIpc) is 3.30. The number of hydrogen-bond acceptors (Lipinski definition) is 6. The molecule has 2 aliphatic heterocycles. The monoisotopic (exact) mass is 376 g/mol. The highest BCUT2D eigenvalue weighted by Crippen LogP contribution is 2.33. The zero-order chi connectivity index (χ0) is 17.6. The molecule has 2 aromatic heterocycles. The van der Waals surface area contributed by atoms with Crippen LogP contribution in [0.25, 0.3) is 0 Å². The molecular formula is C18H24N4OS2. The molecule has 1 saturated heterocycles. The molecule has 0 aliphatic carbocycles. The summed E-state index contributed by atoms with van der Waals surface area (Å²) in [4.78, 5) is 18.7. The van der Waals surface area contributed by atoms with E-state index in [0.29, 0.717) is 5.91 Å². The number of aromatic nitrogens is 2. The average molecular weight is 377 g/mol. The normalized spacial score (nSPS) is 20.8. The molecule has 0 bridgehead atoms. The predicted molar refractivity (Wildman–Crippen MR) is 102 cm³/mol. The fourth-order valence-electron chi connectivity index (χ4n) is 3.48. The van der Waals surface area contributed by atoms with Crippen LogP contribution in [0.3, 0.4) is 0 Å². The van der Waals surface area contributed by atoms with Gasteiger partial charge in [-0.1, -0.05) is 32.1 Å². The summed E-state index contributed by atoms with van der Waals surface area (Å²) in [5.74, 6) is 0.391. The minimum absolute atomic E-state index is 0.0247. The van der Waals surface area contributed by atoms with Crippen LogP contribution in [0, 0.1) is 5.92 Å². The first-order chi connectivity index (χ1) is 11.9. The lowest BCUT2D eigenvalue weighted by atomic mass is 9.98. The maximum atomic E-state index is 12.9. The van der Waals surface area contributed by atoms with Gasteiger partial charge in [0.2, 0.25) is 11.0 Å². The number of rotatable bonds is 2. The summed E-state index contributed by atoms with van der Waals surface area (Å²) in [6.45, 7) is 9.77. The maximum absolute atomic E-state index is 12.9. The van der Waals surface area contributed by atoms with Crippen molar-refractivity contribution in [2.24, 2.45) is 5.92 Å². The van der Waals surface area contributed by atoms with Crippen LogP contribution >= 0.6 is 22.7 Å². The number of thiophene rings is 1. The van der Waals surface area contributed by atoms with Crippen LogP contribution in [0.2, 0.25) is 0 Å². The number of hydrogen-bond donors (Lipinski definition) is 0. The van der Waals surface area contributed by atoms with E-state index >= 15 is 0 Å². The van der Waals surface area contributed by atoms with Crippen molar-refractivity contribution in [3.8, 4) is 0 Å². The zero-order valence-corrected chi connectivity index (χ0v) is 16.6. The molecule has 0 spiro atoms. The highest BCUT2D eigenvalue weighted by Gasteiger charge is 2.34. The lowest BCUT2D eigenvalue weighted by Crippen LogP contribution is -2.40. The van der Waals surface area contributed by atoms with Gasteiger partial charge in [0.1, 0.15) is 5.01 Å². The molecule has 1 fully saturated rings. The molecule has 7 heteroatoms. The minimum Gasteiger partial charge on any atom is -0.346 e. The number of carbonyl (C=O) groups excluding carboxylic acids is 1. The molecule has 1 amide bonds. The van der Waals surface area contributed by atoms with E-state index in [2.05, 4.69) is 47.3 Å². The second-order valence-electron chi connectivity index (χ2n) is 7.95. The van der Waals surface area contributed by atoms with Gasteiger partial charge in [0.05, 0.1) is 5.92 Å². The second kappa shape index (κ2) is 6.36. The molecule has 0 aromatic carbocycles. The Hall–Kier alpha value is -1.47. The quantitative estimate of drug-likeness (QED) is 0.807. The summed E-state index contributed by atoms with van der Waals surface area (Å²) in [5.41, 5.74) is 1.36. The first-order valence-electron chi connectivity index (χ1n) is 8.85. The summed E-state index contributed by atoms with van der Waals surface area (Å²) in [5, 5.41) is 12.9. The van der Waals surface area contributed by atoms with Gasteiger partial charge in [0.15, 0.2) is 0 Å². The van der Waals surface area contributed by atoms with Crippen molar-refractivity contribution in [1.29, 1.82) is 0 Å². The van der Waals surface area contributed by atoms with Gasteiger partial charge in [0.25, 0.3) is 0 Å². The molecule has 2 aromatic rings. The molecule has 4 rings (SSSR count). The fourth-order valence-corrected chi connectivity index (χ4v) is 5.30. The van der Waals surface area contributed by atoms with E-state index in [1.54, 1.807) is 11.3 Å². The van der Waals surface area contributed by atoms with Crippen LogP contribution < -0.4 is 4.90 Å². The van der Waals surface area contributed by atoms with E-state index in [9.17, 15) is 4.79 Å². The summed E-state index contributed by atoms with van der Waals surface area (Å²) in [6, 6.07) is 2.16. The molecule has 0 saturated carbocycles. The predicted octanol–water partition coefficient (Wildman–Crippen LogP) is 3.31. The van der Waals surface area contributed by atoms with E-state index < -0.39 is 0 Å². The Bertz CT molecular complexity index is 776. The van der Waals surface area contributed by atoms with E-state index in [1.807, 2.05) is 16.2 Å². The highest BCUT2D eigenvalue weighted by molar-refractivity contribution is 7.15. The fraction of sp³-hybridized carbons (Fsp3) is 0.611. The molecule has 0 N–H and O–H groups in total. The smallest absolute Gasteiger partial charge is 0.227 e. The zero-order valence-electron chi connectivity index (χ0n) is 15.0. The van der Waals surface area contributed by atoms with E-state index in [4.69, 9.17) is 0 Å². The summed E-state index contributed by atoms with van der Waals surface area (Å²) >= 11 is 3.47. The van der Waals surface area contributed by atoms with Gasteiger partial charge in [-0.3, -0.25) is 4.79 Å². The second-order valence-corrected chi connectivity index (χ2v) is 9.91. The SMILES string of the molecule is CC(C)(C)c1nnc(N2CCC(C(=O)N3CCc4sccc4C3)C2)s1. The number of nitrogens with zero attached hydrogens (tertiary/aromatic N) is 4. The number of amides is 1. The Balaban J connectivity index is 1.41. The van der Waals surface area contributed by atoms with E-state index in [1.165, 1.54) is 10.4 Å². The molecule has 134 valence electrons. The van der Waals surface area contributed by atoms with Gasteiger partial charge in [-0.25, -0.2) is 0 Å². The summed E-state index contributed by atoms with van der Waals surface area (Å²) < 4.78 is 0. The van der Waals surface area contributed by atoms with Crippen LogP contribution in [0.15, 0.2) is 11.4 Å². The van der Waals surface area contributed by atoms with Crippen LogP contribution in [-0.2, 0) is 23.2 Å². The highest BCUT2D eigenvalue weighted by atomic mass is 32.1. The third-order valence-corrected chi connectivity index (χ3v) is 7.42. The van der Waals surface area contributed by atoms with Crippen LogP contribution in [0.1, 0.15) is 42.6 Å². The van der Waals surface area contributed by atoms with Crippen LogP contribution in [0.5, 0.6) is 0 Å². The van der Waals surface area contributed by atoms with Gasteiger partial charge in [-0.05, 0) is 29.9 Å². The third kappa shape index (κ3) is 3.31. The van der Waals surface area contributed by atoms with Gasteiger partial charge >= 0.3 is 0 Å².